The van der Waals surface area contributed by atoms with Gasteiger partial charge in [0.15, 0.2) is 10.8 Å². The number of carbonyl (C=O) groups is 1. The fourth-order valence-electron chi connectivity index (χ4n) is 5.42. The van der Waals surface area contributed by atoms with Crippen molar-refractivity contribution in [2.75, 3.05) is 19.7 Å². The second kappa shape index (κ2) is 9.42. The van der Waals surface area contributed by atoms with Crippen LogP contribution in [0, 0.1) is 5.82 Å². The summed E-state index contributed by atoms with van der Waals surface area (Å²) in [6.45, 7) is 0.226. The average Bonchev–Trinajstić information content (AvgIpc) is 3.68. The lowest BCUT2D eigenvalue weighted by atomic mass is 9.90. The third-order valence-electron chi connectivity index (χ3n) is 7.04. The number of benzene rings is 1. The zero-order chi connectivity index (χ0) is 26.6. The lowest BCUT2D eigenvalue weighted by Crippen LogP contribution is -2.50. The van der Waals surface area contributed by atoms with E-state index in [2.05, 4.69) is 10.1 Å². The number of halogens is 4. The Hall–Kier alpha value is -3.38. The van der Waals surface area contributed by atoms with E-state index in [9.17, 15) is 18.0 Å². The first-order valence-corrected chi connectivity index (χ1v) is 13.3. The molecule has 3 aliphatic rings. The quantitative estimate of drug-likeness (QED) is 0.382. The first kappa shape index (κ1) is 24.9. The Morgan fingerprint density at radius 1 is 1.32 bits per heavy atom. The number of carbonyl (C=O) groups excluding carboxylic acids is 1. The molecule has 1 aromatic carbocycles. The molecule has 2 fully saturated rings. The number of hydrogen-bond donors (Lipinski definition) is 0. The van der Waals surface area contributed by atoms with Crippen molar-refractivity contribution in [3.8, 4) is 0 Å². The molecule has 3 aromatic rings. The topological polar surface area (TPSA) is 75.8 Å². The monoisotopic (exact) mass is 562 g/mol. The van der Waals surface area contributed by atoms with E-state index in [0.717, 1.165) is 12.1 Å². The van der Waals surface area contributed by atoms with Gasteiger partial charge >= 0.3 is 12.6 Å². The van der Waals surface area contributed by atoms with Crippen LogP contribution in [0.2, 0.25) is 5.02 Å². The number of nitrogens with zero attached hydrogens (tertiary/aromatic N) is 6. The van der Waals surface area contributed by atoms with Crippen LogP contribution >= 0.6 is 22.9 Å². The number of alkyl halides is 2. The highest BCUT2D eigenvalue weighted by molar-refractivity contribution is 7.11. The summed E-state index contributed by atoms with van der Waals surface area (Å²) in [6, 6.07) is 4.76. The van der Waals surface area contributed by atoms with E-state index in [-0.39, 0.29) is 17.7 Å². The van der Waals surface area contributed by atoms with Crippen molar-refractivity contribution in [1.29, 1.82) is 0 Å². The van der Waals surface area contributed by atoms with E-state index in [0.29, 0.717) is 51.9 Å². The Labute approximate surface area is 225 Å². The Kier molecular flexibility index (Phi) is 6.18. The molecule has 198 valence electrons. The van der Waals surface area contributed by atoms with Crippen LogP contribution in [0.5, 0.6) is 0 Å². The summed E-state index contributed by atoms with van der Waals surface area (Å²) in [5.41, 5.74) is 1.43. The smallest absolute Gasteiger partial charge is 0.410 e. The van der Waals surface area contributed by atoms with Crippen LogP contribution in [0.3, 0.4) is 0 Å². The lowest BCUT2D eigenvalue weighted by molar-refractivity contribution is 0.0564. The standard InChI is InChI=1S/C25H22ClF3N6O2S/c1-2-7-34-24(36)37-13-25(34)11-18-19(17-5-8-35(32-17)23(28)29)20(15-4-3-14(27)10-16(15)26)31-21(33(18)12-25)22-30-6-9-38-22/h3-6,8-10,20,23H,2,7,11-13H2,1H3/t20-,25-/m0/s1. The maximum atomic E-state index is 14.0. The van der Waals surface area contributed by atoms with Gasteiger partial charge in [0.05, 0.1) is 12.2 Å². The number of aliphatic imine (C=N–C) groups is 1. The molecule has 3 aliphatic heterocycles. The number of aromatic nitrogens is 3. The van der Waals surface area contributed by atoms with Gasteiger partial charge in [-0.15, -0.1) is 11.3 Å². The van der Waals surface area contributed by atoms with Gasteiger partial charge in [-0.05, 0) is 24.6 Å². The molecule has 2 aromatic heterocycles. The maximum Gasteiger partial charge on any atom is 0.410 e. The van der Waals surface area contributed by atoms with E-state index in [1.165, 1.54) is 35.7 Å². The van der Waals surface area contributed by atoms with Gasteiger partial charge in [0.1, 0.15) is 24.0 Å². The fourth-order valence-corrected chi connectivity index (χ4v) is 6.33. The molecule has 0 radical (unpaired) electrons. The number of fused-ring (bicyclic) bond motifs is 1. The van der Waals surface area contributed by atoms with Crippen LogP contribution in [-0.4, -0.2) is 61.7 Å². The molecule has 6 rings (SSSR count). The van der Waals surface area contributed by atoms with E-state index >= 15 is 0 Å². The molecule has 2 atom stereocenters. The highest BCUT2D eigenvalue weighted by Crippen LogP contribution is 2.50. The first-order chi connectivity index (χ1) is 18.3. The van der Waals surface area contributed by atoms with E-state index < -0.39 is 23.9 Å². The molecule has 2 saturated heterocycles. The van der Waals surface area contributed by atoms with Gasteiger partial charge < -0.3 is 9.64 Å². The summed E-state index contributed by atoms with van der Waals surface area (Å²) in [4.78, 5) is 25.9. The van der Waals surface area contributed by atoms with Crippen LogP contribution in [0.1, 0.15) is 48.6 Å². The molecule has 1 spiro atoms. The minimum Gasteiger partial charge on any atom is -0.447 e. The van der Waals surface area contributed by atoms with Crippen molar-refractivity contribution in [3.63, 3.8) is 0 Å². The molecule has 13 heteroatoms. The predicted molar refractivity (Wildman–Crippen MR) is 136 cm³/mol. The van der Waals surface area contributed by atoms with Crippen LogP contribution in [0.4, 0.5) is 18.0 Å². The number of thiazole rings is 1. The highest BCUT2D eigenvalue weighted by atomic mass is 35.5. The minimum absolute atomic E-state index is 0.150. The van der Waals surface area contributed by atoms with E-state index in [1.54, 1.807) is 17.2 Å². The van der Waals surface area contributed by atoms with Crippen LogP contribution in [-0.2, 0) is 4.74 Å². The van der Waals surface area contributed by atoms with Crippen molar-refractivity contribution in [3.05, 3.63) is 74.8 Å². The number of amides is 1. The minimum atomic E-state index is -2.83. The zero-order valence-corrected chi connectivity index (χ0v) is 21.7. The second-order valence-electron chi connectivity index (χ2n) is 9.37. The SMILES string of the molecule is CCCN1C(=O)OC[C@@]12CC1=C(c3ccn(C(F)F)n3)[C@H](c3ccc(F)cc3Cl)N=C(c3nccs3)N1C2. The van der Waals surface area contributed by atoms with E-state index in [4.69, 9.17) is 21.3 Å². The summed E-state index contributed by atoms with van der Waals surface area (Å²) in [5, 5.41) is 6.79. The molecule has 0 saturated carbocycles. The molecule has 0 N–H and O–H groups in total. The fraction of sp³-hybridized carbons (Fsp3) is 0.360. The van der Waals surface area contributed by atoms with Crippen molar-refractivity contribution in [2.45, 2.75) is 37.9 Å². The van der Waals surface area contributed by atoms with Crippen LogP contribution < -0.4 is 0 Å². The number of rotatable bonds is 6. The van der Waals surface area contributed by atoms with Gasteiger partial charge in [-0.3, -0.25) is 9.89 Å². The first-order valence-electron chi connectivity index (χ1n) is 12.0. The van der Waals surface area contributed by atoms with E-state index in [1.807, 2.05) is 17.2 Å². The van der Waals surface area contributed by atoms with Gasteiger partial charge in [-0.25, -0.2) is 18.9 Å². The Balaban J connectivity index is 1.58. The number of ether oxygens (including phenoxy) is 1. The number of hydrogen-bond acceptors (Lipinski definition) is 7. The summed E-state index contributed by atoms with van der Waals surface area (Å²) >= 11 is 7.91. The van der Waals surface area contributed by atoms with Crippen molar-refractivity contribution in [2.24, 2.45) is 4.99 Å². The summed E-state index contributed by atoms with van der Waals surface area (Å²) in [6.07, 6.45) is 3.61. The maximum absolute atomic E-state index is 14.0. The Morgan fingerprint density at radius 2 is 2.16 bits per heavy atom. The summed E-state index contributed by atoms with van der Waals surface area (Å²) in [5.74, 6) is 0.0539. The molecule has 0 unspecified atom stereocenters. The van der Waals surface area contributed by atoms with Gasteiger partial charge in [0, 0.05) is 52.6 Å². The van der Waals surface area contributed by atoms with Gasteiger partial charge in [-0.2, -0.15) is 13.9 Å². The molecule has 1 amide bonds. The molecular weight excluding hydrogens is 541 g/mol. The molecule has 38 heavy (non-hydrogen) atoms. The third-order valence-corrected chi connectivity index (χ3v) is 8.13. The Bertz CT molecular complexity index is 1460. The zero-order valence-electron chi connectivity index (χ0n) is 20.2. The molecule has 5 heterocycles. The molecule has 0 bridgehead atoms. The average molecular weight is 563 g/mol. The predicted octanol–water partition coefficient (Wildman–Crippen LogP) is 5.75. The Morgan fingerprint density at radius 3 is 2.84 bits per heavy atom. The molecule has 8 nitrogen and oxygen atoms in total. The van der Waals surface area contributed by atoms with Crippen LogP contribution in [0.25, 0.3) is 5.57 Å². The normalized spacial score (nSPS) is 23.1. The van der Waals surface area contributed by atoms with Gasteiger partial charge in [0.2, 0.25) is 0 Å². The van der Waals surface area contributed by atoms with Crippen molar-refractivity contribution < 1.29 is 22.7 Å². The van der Waals surface area contributed by atoms with Crippen molar-refractivity contribution >= 4 is 40.4 Å². The second-order valence-corrected chi connectivity index (χ2v) is 10.7. The van der Waals surface area contributed by atoms with Gasteiger partial charge in [-0.1, -0.05) is 24.6 Å². The summed E-state index contributed by atoms with van der Waals surface area (Å²) in [7, 11) is 0. The molecule has 0 aliphatic carbocycles. The highest BCUT2D eigenvalue weighted by Gasteiger charge is 2.56. The van der Waals surface area contributed by atoms with Crippen LogP contribution in [0.15, 0.2) is 52.7 Å². The largest absolute Gasteiger partial charge is 0.447 e. The molecular formula is C25H22ClF3N6O2S. The summed E-state index contributed by atoms with van der Waals surface area (Å²) < 4.78 is 47.1. The van der Waals surface area contributed by atoms with Gasteiger partial charge in [0.25, 0.3) is 0 Å². The lowest BCUT2D eigenvalue weighted by Gasteiger charge is -2.33. The third kappa shape index (κ3) is 3.97. The number of cyclic esters (lactones) is 1. The number of amidine groups is 1. The van der Waals surface area contributed by atoms with Crippen molar-refractivity contribution in [1.82, 2.24) is 24.6 Å².